The molecule has 0 unspecified atom stereocenters. The van der Waals surface area contributed by atoms with E-state index in [0.717, 1.165) is 0 Å². The zero-order chi connectivity index (χ0) is 21.3. The molecule has 0 saturated heterocycles. The number of benzene rings is 1. The van der Waals surface area contributed by atoms with Crippen LogP contribution in [0.1, 0.15) is 57.8 Å². The average Bonchev–Trinajstić information content (AvgIpc) is 2.56. The van der Waals surface area contributed by atoms with Crippen molar-refractivity contribution in [2.24, 2.45) is 0 Å². The average molecular weight is 392 g/mol. The van der Waals surface area contributed by atoms with Gasteiger partial charge in [0.15, 0.2) is 6.10 Å². The second-order valence-electron chi connectivity index (χ2n) is 7.29. The van der Waals surface area contributed by atoms with E-state index in [1.807, 2.05) is 0 Å². The first kappa shape index (κ1) is 23.1. The number of ether oxygens (including phenoxy) is 2. The normalized spacial score (nSPS) is 11.9. The molecule has 0 aromatic heterocycles. The van der Waals surface area contributed by atoms with Crippen LogP contribution in [0, 0.1) is 0 Å². The van der Waals surface area contributed by atoms with Crippen LogP contribution in [0.15, 0.2) is 24.3 Å². The number of Topliss-reactive ketones (excluding diaryl/α,β-unsaturated/α-hetero) is 1. The lowest BCUT2D eigenvalue weighted by molar-refractivity contribution is -0.146. The summed E-state index contributed by atoms with van der Waals surface area (Å²) in [7, 11) is 0. The van der Waals surface area contributed by atoms with Gasteiger partial charge in [-0.05, 0) is 58.4 Å². The summed E-state index contributed by atoms with van der Waals surface area (Å²) in [6.45, 7) is 8.43. The number of anilines is 1. The number of hydrogen-bond acceptors (Lipinski definition) is 6. The van der Waals surface area contributed by atoms with Crippen LogP contribution in [0.2, 0.25) is 0 Å². The third-order valence-electron chi connectivity index (χ3n) is 3.39. The SMILES string of the molecule is CC(=O)Nc1ccc(C(=O)[C@H](C)OC(=O)CCCNC(=O)OC(C)(C)C)cc1. The van der Waals surface area contributed by atoms with Gasteiger partial charge in [0, 0.05) is 31.1 Å². The number of nitrogens with one attached hydrogen (secondary N) is 2. The Morgan fingerprint density at radius 1 is 1.07 bits per heavy atom. The molecule has 0 radical (unpaired) electrons. The van der Waals surface area contributed by atoms with Crippen LogP contribution >= 0.6 is 0 Å². The second kappa shape index (κ2) is 10.4. The highest BCUT2D eigenvalue weighted by molar-refractivity contribution is 6.00. The first-order valence-electron chi connectivity index (χ1n) is 9.06. The molecule has 0 saturated carbocycles. The van der Waals surface area contributed by atoms with E-state index in [0.29, 0.717) is 17.7 Å². The fourth-order valence-corrected chi connectivity index (χ4v) is 2.20. The van der Waals surface area contributed by atoms with Crippen molar-refractivity contribution in [3.63, 3.8) is 0 Å². The van der Waals surface area contributed by atoms with Crippen molar-refractivity contribution in [3.8, 4) is 0 Å². The number of alkyl carbamates (subject to hydrolysis) is 1. The van der Waals surface area contributed by atoms with Crippen LogP contribution in [0.4, 0.5) is 10.5 Å². The number of rotatable bonds is 8. The van der Waals surface area contributed by atoms with Gasteiger partial charge >= 0.3 is 12.1 Å². The van der Waals surface area contributed by atoms with Crippen LogP contribution in [-0.2, 0) is 19.1 Å². The molecule has 8 heteroatoms. The number of carbonyl (C=O) groups excluding carboxylic acids is 4. The minimum absolute atomic E-state index is 0.0644. The van der Waals surface area contributed by atoms with Gasteiger partial charge in [0.2, 0.25) is 11.7 Å². The third-order valence-corrected chi connectivity index (χ3v) is 3.39. The van der Waals surface area contributed by atoms with E-state index < -0.39 is 23.8 Å². The summed E-state index contributed by atoms with van der Waals surface area (Å²) in [5.41, 5.74) is 0.367. The summed E-state index contributed by atoms with van der Waals surface area (Å²) in [6, 6.07) is 6.32. The standard InChI is InChI=1S/C20H28N2O6/c1-13(18(25)15-8-10-16(11-9-15)22-14(2)23)27-17(24)7-6-12-21-19(26)28-20(3,4)5/h8-11,13H,6-7,12H2,1-5H3,(H,21,26)(H,22,23)/t13-/m0/s1. The molecule has 0 fully saturated rings. The first-order valence-corrected chi connectivity index (χ1v) is 9.06. The lowest BCUT2D eigenvalue weighted by atomic mass is 10.1. The Morgan fingerprint density at radius 2 is 1.68 bits per heavy atom. The Kier molecular flexibility index (Phi) is 8.63. The predicted octanol–water partition coefficient (Wildman–Crippen LogP) is 3.06. The van der Waals surface area contributed by atoms with Crippen molar-refractivity contribution in [3.05, 3.63) is 29.8 Å². The minimum atomic E-state index is -0.932. The minimum Gasteiger partial charge on any atom is -0.454 e. The zero-order valence-corrected chi connectivity index (χ0v) is 17.0. The maximum Gasteiger partial charge on any atom is 0.407 e. The van der Waals surface area contributed by atoms with Crippen molar-refractivity contribution in [1.29, 1.82) is 0 Å². The molecule has 0 heterocycles. The number of amides is 2. The maximum absolute atomic E-state index is 12.3. The van der Waals surface area contributed by atoms with Gasteiger partial charge in [0.25, 0.3) is 0 Å². The monoisotopic (exact) mass is 392 g/mol. The van der Waals surface area contributed by atoms with Crippen LogP contribution in [0.3, 0.4) is 0 Å². The van der Waals surface area contributed by atoms with Crippen molar-refractivity contribution in [1.82, 2.24) is 5.32 Å². The zero-order valence-electron chi connectivity index (χ0n) is 17.0. The molecule has 0 aliphatic rings. The van der Waals surface area contributed by atoms with Crippen LogP contribution < -0.4 is 10.6 Å². The second-order valence-corrected chi connectivity index (χ2v) is 7.29. The van der Waals surface area contributed by atoms with Crippen LogP contribution in [0.5, 0.6) is 0 Å². The number of hydrogen-bond donors (Lipinski definition) is 2. The van der Waals surface area contributed by atoms with E-state index in [9.17, 15) is 19.2 Å². The van der Waals surface area contributed by atoms with Crippen molar-refractivity contribution in [2.75, 3.05) is 11.9 Å². The molecular weight excluding hydrogens is 364 g/mol. The Hall–Kier alpha value is -2.90. The Labute approximate surface area is 165 Å². The molecule has 1 atom stereocenters. The highest BCUT2D eigenvalue weighted by Gasteiger charge is 2.20. The van der Waals surface area contributed by atoms with Gasteiger partial charge in [-0.15, -0.1) is 0 Å². The van der Waals surface area contributed by atoms with Gasteiger partial charge in [-0.25, -0.2) is 4.79 Å². The molecule has 8 nitrogen and oxygen atoms in total. The quantitative estimate of drug-likeness (QED) is 0.400. The molecule has 2 N–H and O–H groups in total. The Bertz CT molecular complexity index is 706. The van der Waals surface area contributed by atoms with E-state index in [4.69, 9.17) is 9.47 Å². The molecule has 0 aliphatic heterocycles. The summed E-state index contributed by atoms with van der Waals surface area (Å²) in [5.74, 6) is -1.07. The number of carbonyl (C=O) groups is 4. The highest BCUT2D eigenvalue weighted by atomic mass is 16.6. The molecule has 0 bridgehead atoms. The lowest BCUT2D eigenvalue weighted by Crippen LogP contribution is -2.33. The third kappa shape index (κ3) is 9.16. The van der Waals surface area contributed by atoms with E-state index in [1.165, 1.54) is 13.8 Å². The van der Waals surface area contributed by atoms with E-state index in [-0.39, 0.29) is 24.7 Å². The fraction of sp³-hybridized carbons (Fsp3) is 0.500. The van der Waals surface area contributed by atoms with Crippen molar-refractivity contribution >= 4 is 29.4 Å². The molecule has 1 aromatic carbocycles. The van der Waals surface area contributed by atoms with Gasteiger partial charge in [0.05, 0.1) is 0 Å². The van der Waals surface area contributed by atoms with E-state index in [2.05, 4.69) is 10.6 Å². The first-order chi connectivity index (χ1) is 13.0. The molecule has 0 spiro atoms. The van der Waals surface area contributed by atoms with Gasteiger partial charge in [-0.3, -0.25) is 14.4 Å². The Balaban J connectivity index is 2.38. The summed E-state index contributed by atoms with van der Waals surface area (Å²) in [5, 5.41) is 5.16. The predicted molar refractivity (Wildman–Crippen MR) is 104 cm³/mol. The van der Waals surface area contributed by atoms with Gasteiger partial charge < -0.3 is 20.1 Å². The lowest BCUT2D eigenvalue weighted by Gasteiger charge is -2.19. The van der Waals surface area contributed by atoms with Gasteiger partial charge in [-0.2, -0.15) is 0 Å². The molecule has 0 aliphatic carbocycles. The van der Waals surface area contributed by atoms with E-state index >= 15 is 0 Å². The van der Waals surface area contributed by atoms with Crippen molar-refractivity contribution < 1.29 is 28.7 Å². The molecule has 28 heavy (non-hydrogen) atoms. The largest absolute Gasteiger partial charge is 0.454 e. The Morgan fingerprint density at radius 3 is 2.21 bits per heavy atom. The van der Waals surface area contributed by atoms with Crippen LogP contribution in [-0.4, -0.2) is 42.0 Å². The number of ketones is 1. The van der Waals surface area contributed by atoms with Crippen LogP contribution in [0.25, 0.3) is 0 Å². The highest BCUT2D eigenvalue weighted by Crippen LogP contribution is 2.13. The van der Waals surface area contributed by atoms with Gasteiger partial charge in [-0.1, -0.05) is 0 Å². The molecule has 1 aromatic rings. The summed E-state index contributed by atoms with van der Waals surface area (Å²) >= 11 is 0. The molecule has 1 rings (SSSR count). The van der Waals surface area contributed by atoms with Gasteiger partial charge in [0.1, 0.15) is 5.60 Å². The summed E-state index contributed by atoms with van der Waals surface area (Å²) < 4.78 is 10.2. The molecule has 2 amide bonds. The van der Waals surface area contributed by atoms with E-state index in [1.54, 1.807) is 45.0 Å². The smallest absolute Gasteiger partial charge is 0.407 e. The summed E-state index contributed by atoms with van der Waals surface area (Å²) in [4.78, 5) is 46.7. The molecular formula is C20H28N2O6. The molecule has 154 valence electrons. The summed E-state index contributed by atoms with van der Waals surface area (Å²) in [6.07, 6.45) is -1.05. The van der Waals surface area contributed by atoms with Crippen molar-refractivity contribution in [2.45, 2.75) is 59.2 Å². The number of esters is 1. The fourth-order valence-electron chi connectivity index (χ4n) is 2.20. The topological polar surface area (TPSA) is 111 Å². The maximum atomic E-state index is 12.3.